The molecule has 1 N–H and O–H groups in total. The molecule has 0 spiro atoms. The molecule has 13 heteroatoms. The van der Waals surface area contributed by atoms with E-state index >= 15 is 8.63 Å². The van der Waals surface area contributed by atoms with Gasteiger partial charge in [-0.15, -0.1) is 0 Å². The van der Waals surface area contributed by atoms with Crippen molar-refractivity contribution >= 4 is 43.3 Å². The summed E-state index contributed by atoms with van der Waals surface area (Å²) in [7, 11) is -5.84. The van der Waals surface area contributed by atoms with Gasteiger partial charge >= 0.3 is 20.8 Å². The highest BCUT2D eigenvalue weighted by Gasteiger charge is 2.37. The van der Waals surface area contributed by atoms with Gasteiger partial charge < -0.3 is 18.8 Å². The minimum Gasteiger partial charge on any atom is -0.494 e. The summed E-state index contributed by atoms with van der Waals surface area (Å²) in [6, 6.07) is 8.84. The van der Waals surface area contributed by atoms with Gasteiger partial charge in [0, 0.05) is 57.3 Å². The molecule has 0 aliphatic carbocycles. The molecule has 3 aromatic rings. The number of aliphatic carboxylic acids is 1. The van der Waals surface area contributed by atoms with Crippen molar-refractivity contribution in [2.75, 3.05) is 6.61 Å². The molecule has 0 atom stereocenters. The number of carboxylic acid groups (broad SMARTS) is 1. The molecule has 2 aliphatic heterocycles. The van der Waals surface area contributed by atoms with Crippen LogP contribution in [0.3, 0.4) is 0 Å². The minimum atomic E-state index is -2.97. The quantitative estimate of drug-likeness (QED) is 0.110. The Bertz CT molecular complexity index is 2070. The Morgan fingerprint density at radius 2 is 1.33 bits per heavy atom. The van der Waals surface area contributed by atoms with E-state index in [4.69, 9.17) is 19.8 Å². The number of hydrogen-bond donors (Lipinski definition) is 1. The molecule has 4 heterocycles. The molecule has 0 saturated heterocycles. The number of hydrogen-bond acceptors (Lipinski definition) is 4. The second kappa shape index (κ2) is 15.2. The van der Waals surface area contributed by atoms with Crippen LogP contribution in [0.4, 0.5) is 17.3 Å². The number of ether oxygens (including phenoxy) is 1. The Hall–Kier alpha value is -4.80. The molecular formula is C38H42B2F4N4O3. The zero-order chi connectivity index (χ0) is 37.3. The fraction of sp³-hybridized carbons (Fsp3) is 0.342. The molecule has 0 bridgehead atoms. The van der Waals surface area contributed by atoms with Crippen LogP contribution in [-0.2, 0) is 4.79 Å². The first-order valence-corrected chi connectivity index (χ1v) is 17.0. The van der Waals surface area contributed by atoms with Crippen molar-refractivity contribution in [1.29, 1.82) is 0 Å². The third-order valence-corrected chi connectivity index (χ3v) is 9.32. The molecule has 0 fully saturated rings. The van der Waals surface area contributed by atoms with Crippen molar-refractivity contribution in [3.05, 3.63) is 110 Å². The maximum absolute atomic E-state index is 15.5. The maximum Gasteiger partial charge on any atom is 0.677 e. The average molecular weight is 700 g/mol. The zero-order valence-electron chi connectivity index (χ0n) is 30.3. The molecule has 2 aliphatic rings. The fourth-order valence-corrected chi connectivity index (χ4v) is 7.23. The van der Waals surface area contributed by atoms with Crippen LogP contribution in [0, 0.1) is 27.7 Å². The monoisotopic (exact) mass is 700 g/mol. The molecule has 2 aromatic heterocycles. The van der Waals surface area contributed by atoms with E-state index in [1.54, 1.807) is 45.9 Å². The summed E-state index contributed by atoms with van der Waals surface area (Å²) >= 11 is 0. The Morgan fingerprint density at radius 1 is 0.765 bits per heavy atom. The van der Waals surface area contributed by atoms with Crippen LogP contribution in [0.25, 0.3) is 11.1 Å². The van der Waals surface area contributed by atoms with E-state index in [0.717, 1.165) is 25.8 Å². The van der Waals surface area contributed by atoms with Gasteiger partial charge in [-0.3, -0.25) is 32.0 Å². The largest absolute Gasteiger partial charge is 0.677 e. The van der Waals surface area contributed by atoms with Crippen molar-refractivity contribution in [3.63, 3.8) is 0 Å². The number of aryl methyl sites for hydroxylation is 2. The molecular weight excluding hydrogens is 658 g/mol. The van der Waals surface area contributed by atoms with Crippen molar-refractivity contribution in [2.24, 2.45) is 9.98 Å². The number of carbonyl (C=O) groups is 1. The smallest absolute Gasteiger partial charge is 0.494 e. The summed E-state index contributed by atoms with van der Waals surface area (Å²) in [4.78, 5) is 20.3. The number of carboxylic acids is 1. The standard InChI is InChI=1S/C38H42B2F4N4O3/c1-21-18-24(4)45-35(21)33(29-13-15-30(16-14-29)51-17-11-9-10-12-31(49)50)38-27(7)32(28(8)48(38)40(43)44)34(36-22(2)19-25(5)46-36)37-23(3)20-26(6)47(37)39(41)42/h13-16,18-20H,9-12,17H2,1-8H3,(H,49,50)/b35-33-,36-34+. The summed E-state index contributed by atoms with van der Waals surface area (Å²) in [6.07, 6.45) is 5.85. The minimum absolute atomic E-state index is 0.114. The topological polar surface area (TPSA) is 81.1 Å². The zero-order valence-corrected chi connectivity index (χ0v) is 30.3. The summed E-state index contributed by atoms with van der Waals surface area (Å²) in [5, 5.41) is 8.86. The number of unbranched alkanes of at least 4 members (excludes halogenated alkanes) is 2. The van der Waals surface area contributed by atoms with Gasteiger partial charge in [-0.1, -0.05) is 12.1 Å². The summed E-state index contributed by atoms with van der Waals surface area (Å²) < 4.78 is 68.4. The van der Waals surface area contributed by atoms with Crippen molar-refractivity contribution < 1.29 is 31.9 Å². The number of halogens is 4. The van der Waals surface area contributed by atoms with Crippen LogP contribution < -0.4 is 4.74 Å². The lowest BCUT2D eigenvalue weighted by Crippen LogP contribution is -2.19. The van der Waals surface area contributed by atoms with Gasteiger partial charge in [0.2, 0.25) is 0 Å². The molecule has 266 valence electrons. The number of aromatic nitrogens is 2. The van der Waals surface area contributed by atoms with E-state index in [-0.39, 0.29) is 23.5 Å². The summed E-state index contributed by atoms with van der Waals surface area (Å²) in [6.45, 7) is 14.5. The van der Waals surface area contributed by atoms with Gasteiger partial charge in [0.25, 0.3) is 0 Å². The van der Waals surface area contributed by atoms with Crippen LogP contribution in [0.5, 0.6) is 5.75 Å². The highest BCUT2D eigenvalue weighted by Crippen LogP contribution is 2.45. The molecule has 7 nitrogen and oxygen atoms in total. The SMILES string of the molecule is CC1=CC(C)=N/C1=C(/c1ccc(OCCCCCC(=O)O)cc1)c1c(C)c(/C(=C2\N=C(C)C=C2C)c2c(C)cc(C)n2B(F)F)c(C)n1B(F)F. The first-order valence-electron chi connectivity index (χ1n) is 17.0. The first kappa shape index (κ1) is 37.5. The lowest BCUT2D eigenvalue weighted by Gasteiger charge is -2.18. The van der Waals surface area contributed by atoms with Crippen LogP contribution in [0.15, 0.2) is 75.0 Å². The van der Waals surface area contributed by atoms with E-state index in [9.17, 15) is 13.4 Å². The van der Waals surface area contributed by atoms with Gasteiger partial charge in [-0.2, -0.15) is 0 Å². The van der Waals surface area contributed by atoms with Gasteiger partial charge in [0.05, 0.1) is 18.0 Å². The number of benzene rings is 1. The van der Waals surface area contributed by atoms with E-state index in [1.807, 2.05) is 52.0 Å². The lowest BCUT2D eigenvalue weighted by atomic mass is 9.89. The molecule has 5 rings (SSSR count). The third-order valence-electron chi connectivity index (χ3n) is 9.32. The van der Waals surface area contributed by atoms with Crippen LogP contribution in [0.1, 0.15) is 98.4 Å². The van der Waals surface area contributed by atoms with Crippen molar-refractivity contribution in [3.8, 4) is 5.75 Å². The highest BCUT2D eigenvalue weighted by molar-refractivity contribution is 6.42. The summed E-state index contributed by atoms with van der Waals surface area (Å²) in [5.74, 6) is -0.242. The molecule has 0 amide bonds. The van der Waals surface area contributed by atoms with Gasteiger partial charge in [0.15, 0.2) is 0 Å². The van der Waals surface area contributed by atoms with Gasteiger partial charge in [0.1, 0.15) is 5.75 Å². The third kappa shape index (κ3) is 7.48. The molecule has 0 radical (unpaired) electrons. The van der Waals surface area contributed by atoms with Crippen LogP contribution in [0.2, 0.25) is 0 Å². The average Bonchev–Trinajstić information content (AvgIpc) is 3.73. The highest BCUT2D eigenvalue weighted by atomic mass is 19.2. The Morgan fingerprint density at radius 3 is 1.84 bits per heavy atom. The van der Waals surface area contributed by atoms with E-state index in [0.29, 0.717) is 87.8 Å². The molecule has 0 unspecified atom stereocenters. The van der Waals surface area contributed by atoms with Crippen molar-refractivity contribution in [1.82, 2.24) is 8.96 Å². The van der Waals surface area contributed by atoms with Gasteiger partial charge in [-0.05, 0) is 133 Å². The number of rotatable bonds is 13. The second-order valence-corrected chi connectivity index (χ2v) is 13.2. The van der Waals surface area contributed by atoms with E-state index in [1.165, 1.54) is 0 Å². The van der Waals surface area contributed by atoms with Gasteiger partial charge in [-0.25, -0.2) is 0 Å². The van der Waals surface area contributed by atoms with Crippen molar-refractivity contribution in [2.45, 2.75) is 81.1 Å². The van der Waals surface area contributed by atoms with Crippen LogP contribution >= 0.6 is 0 Å². The van der Waals surface area contributed by atoms with E-state index in [2.05, 4.69) is 0 Å². The Balaban J connectivity index is 1.73. The van der Waals surface area contributed by atoms with Crippen LogP contribution in [-0.4, -0.2) is 52.9 Å². The number of allylic oxidation sites excluding steroid dienone is 4. The fourth-order valence-electron chi connectivity index (χ4n) is 7.23. The molecule has 0 saturated carbocycles. The predicted octanol–water partition coefficient (Wildman–Crippen LogP) is 9.45. The normalized spacial score (nSPS) is 16.2. The number of aliphatic imine (C=N–C) groups is 2. The lowest BCUT2D eigenvalue weighted by molar-refractivity contribution is -0.137. The predicted molar refractivity (Wildman–Crippen MR) is 198 cm³/mol. The van der Waals surface area contributed by atoms with E-state index < -0.39 is 20.8 Å². The summed E-state index contributed by atoms with van der Waals surface area (Å²) in [5.41, 5.74) is 7.96. The second-order valence-electron chi connectivity index (χ2n) is 13.2. The first-order chi connectivity index (χ1) is 24.1. The Kier molecular flexibility index (Phi) is 11.2. The Labute approximate surface area is 297 Å². The molecule has 51 heavy (non-hydrogen) atoms. The maximum atomic E-state index is 15.5. The molecule has 1 aromatic carbocycles. The number of nitrogens with zero attached hydrogens (tertiary/aromatic N) is 4.